The van der Waals surface area contributed by atoms with Gasteiger partial charge in [-0.2, -0.15) is 0 Å². The minimum atomic E-state index is -1.13. The highest BCUT2D eigenvalue weighted by Gasteiger charge is 2.29. The number of hydrogen-bond acceptors (Lipinski definition) is 3. The van der Waals surface area contributed by atoms with Gasteiger partial charge in [-0.15, -0.1) is 0 Å². The lowest BCUT2D eigenvalue weighted by atomic mass is 9.75. The first-order valence-electron chi connectivity index (χ1n) is 6.88. The molecule has 1 atom stereocenters. The number of hydrogen-bond donors (Lipinski definition) is 2. The molecule has 1 amide bonds. The standard InChI is InChI=1S/C15H20N2O3/c1-15(2)7-3-5-10(9-15)17-13(18)12-11(14(19)20)6-4-8-16-12/h4,6,8,10H,3,5,7,9H2,1-2H3,(H,17,18)(H,19,20). The summed E-state index contributed by atoms with van der Waals surface area (Å²) in [6.45, 7) is 4.38. The highest BCUT2D eigenvalue weighted by molar-refractivity contribution is 6.03. The molecule has 108 valence electrons. The van der Waals surface area contributed by atoms with Crippen LogP contribution >= 0.6 is 0 Å². The van der Waals surface area contributed by atoms with Gasteiger partial charge in [0.15, 0.2) is 0 Å². The molecule has 0 bridgehead atoms. The minimum absolute atomic E-state index is 0.0108. The number of rotatable bonds is 3. The van der Waals surface area contributed by atoms with Gasteiger partial charge in [-0.3, -0.25) is 9.78 Å². The van der Waals surface area contributed by atoms with Crippen LogP contribution in [0.4, 0.5) is 0 Å². The van der Waals surface area contributed by atoms with Crippen LogP contribution in [0.5, 0.6) is 0 Å². The fraction of sp³-hybridized carbons (Fsp3) is 0.533. The molecule has 0 aliphatic heterocycles. The Morgan fingerprint density at radius 3 is 2.85 bits per heavy atom. The van der Waals surface area contributed by atoms with Gasteiger partial charge in [-0.1, -0.05) is 20.3 Å². The van der Waals surface area contributed by atoms with Crippen LogP contribution in [0, 0.1) is 5.41 Å². The first kappa shape index (κ1) is 14.5. The van der Waals surface area contributed by atoms with E-state index in [-0.39, 0.29) is 22.7 Å². The summed E-state index contributed by atoms with van der Waals surface area (Å²) in [5.74, 6) is -1.53. The average molecular weight is 276 g/mol. The van der Waals surface area contributed by atoms with E-state index >= 15 is 0 Å². The Morgan fingerprint density at radius 2 is 2.20 bits per heavy atom. The van der Waals surface area contributed by atoms with Gasteiger partial charge in [0, 0.05) is 12.2 Å². The van der Waals surface area contributed by atoms with E-state index in [1.54, 1.807) is 0 Å². The molecule has 1 aliphatic rings. The van der Waals surface area contributed by atoms with E-state index in [2.05, 4.69) is 24.1 Å². The van der Waals surface area contributed by atoms with E-state index in [1.165, 1.54) is 18.3 Å². The molecule has 0 spiro atoms. The molecule has 1 unspecified atom stereocenters. The monoisotopic (exact) mass is 276 g/mol. The van der Waals surface area contributed by atoms with Crippen molar-refractivity contribution in [2.75, 3.05) is 0 Å². The van der Waals surface area contributed by atoms with E-state index < -0.39 is 11.9 Å². The molecule has 1 aromatic heterocycles. The second-order valence-corrected chi connectivity index (χ2v) is 6.14. The maximum atomic E-state index is 12.2. The highest BCUT2D eigenvalue weighted by atomic mass is 16.4. The van der Waals surface area contributed by atoms with E-state index in [0.29, 0.717) is 0 Å². The van der Waals surface area contributed by atoms with Gasteiger partial charge in [-0.05, 0) is 36.8 Å². The third-order valence-corrected chi connectivity index (χ3v) is 3.79. The third-order valence-electron chi connectivity index (χ3n) is 3.79. The maximum absolute atomic E-state index is 12.2. The molecule has 0 saturated heterocycles. The summed E-state index contributed by atoms with van der Waals surface area (Å²) in [5.41, 5.74) is 0.152. The molecule has 5 nitrogen and oxygen atoms in total. The zero-order chi connectivity index (χ0) is 14.8. The summed E-state index contributed by atoms with van der Waals surface area (Å²) in [5, 5.41) is 12.0. The molecular formula is C15H20N2O3. The van der Waals surface area contributed by atoms with Crippen LogP contribution in [0.1, 0.15) is 60.4 Å². The second kappa shape index (κ2) is 5.61. The van der Waals surface area contributed by atoms with Crippen molar-refractivity contribution in [2.24, 2.45) is 5.41 Å². The van der Waals surface area contributed by atoms with Crippen molar-refractivity contribution in [1.29, 1.82) is 0 Å². The van der Waals surface area contributed by atoms with Gasteiger partial charge < -0.3 is 10.4 Å². The summed E-state index contributed by atoms with van der Waals surface area (Å²) in [6.07, 6.45) is 5.51. The van der Waals surface area contributed by atoms with Crippen molar-refractivity contribution >= 4 is 11.9 Å². The van der Waals surface area contributed by atoms with Crippen LogP contribution in [0.25, 0.3) is 0 Å². The SMILES string of the molecule is CC1(C)CCCC(NC(=O)c2ncccc2C(=O)O)C1. The molecular weight excluding hydrogens is 256 g/mol. The molecule has 1 aliphatic carbocycles. The number of carboxylic acid groups (broad SMARTS) is 1. The van der Waals surface area contributed by atoms with Gasteiger partial charge in [-0.25, -0.2) is 4.79 Å². The molecule has 1 fully saturated rings. The molecule has 2 rings (SSSR count). The molecule has 0 radical (unpaired) electrons. The molecule has 5 heteroatoms. The fourth-order valence-corrected chi connectivity index (χ4v) is 2.83. The molecule has 2 N–H and O–H groups in total. The van der Waals surface area contributed by atoms with E-state index in [1.807, 2.05) is 0 Å². The minimum Gasteiger partial charge on any atom is -0.478 e. The van der Waals surface area contributed by atoms with Gasteiger partial charge in [0.2, 0.25) is 0 Å². The fourth-order valence-electron chi connectivity index (χ4n) is 2.83. The topological polar surface area (TPSA) is 79.3 Å². The van der Waals surface area contributed by atoms with Crippen molar-refractivity contribution < 1.29 is 14.7 Å². The van der Waals surface area contributed by atoms with Crippen molar-refractivity contribution in [3.8, 4) is 0 Å². The predicted molar refractivity (Wildman–Crippen MR) is 74.7 cm³/mol. The summed E-state index contributed by atoms with van der Waals surface area (Å²) < 4.78 is 0. The lowest BCUT2D eigenvalue weighted by Crippen LogP contribution is -2.41. The number of aromatic carboxylic acids is 1. The predicted octanol–water partition coefficient (Wildman–Crippen LogP) is 2.48. The zero-order valence-corrected chi connectivity index (χ0v) is 11.8. The number of pyridine rings is 1. The van der Waals surface area contributed by atoms with Gasteiger partial charge in [0.25, 0.3) is 5.91 Å². The Hall–Kier alpha value is -1.91. The number of aromatic nitrogens is 1. The Bertz CT molecular complexity index is 526. The normalized spacial score (nSPS) is 21.2. The van der Waals surface area contributed by atoms with Crippen molar-refractivity contribution in [3.63, 3.8) is 0 Å². The number of carboxylic acids is 1. The molecule has 0 aromatic carbocycles. The lowest BCUT2D eigenvalue weighted by Gasteiger charge is -2.35. The van der Waals surface area contributed by atoms with Crippen molar-refractivity contribution in [3.05, 3.63) is 29.6 Å². The first-order valence-corrected chi connectivity index (χ1v) is 6.88. The van der Waals surface area contributed by atoms with E-state index in [9.17, 15) is 9.59 Å². The van der Waals surface area contributed by atoms with Crippen LogP contribution in [0.15, 0.2) is 18.3 Å². The number of carbonyl (C=O) groups is 2. The van der Waals surface area contributed by atoms with Crippen LogP contribution in [0.2, 0.25) is 0 Å². The maximum Gasteiger partial charge on any atom is 0.338 e. The largest absolute Gasteiger partial charge is 0.478 e. The Balaban J connectivity index is 2.11. The number of nitrogens with one attached hydrogen (secondary N) is 1. The van der Waals surface area contributed by atoms with E-state index in [0.717, 1.165) is 25.7 Å². The zero-order valence-electron chi connectivity index (χ0n) is 11.8. The van der Waals surface area contributed by atoms with Crippen LogP contribution in [-0.2, 0) is 0 Å². The summed E-state index contributed by atoms with van der Waals surface area (Å²) in [7, 11) is 0. The van der Waals surface area contributed by atoms with Crippen LogP contribution in [0.3, 0.4) is 0 Å². The van der Waals surface area contributed by atoms with Gasteiger partial charge in [0.05, 0.1) is 5.56 Å². The lowest BCUT2D eigenvalue weighted by molar-refractivity contribution is 0.0688. The summed E-state index contributed by atoms with van der Waals surface area (Å²) >= 11 is 0. The van der Waals surface area contributed by atoms with Crippen LogP contribution in [-0.4, -0.2) is 28.0 Å². The highest BCUT2D eigenvalue weighted by Crippen LogP contribution is 2.35. The smallest absolute Gasteiger partial charge is 0.338 e. The second-order valence-electron chi connectivity index (χ2n) is 6.14. The Labute approximate surface area is 118 Å². The van der Waals surface area contributed by atoms with Crippen LogP contribution < -0.4 is 5.32 Å². The Morgan fingerprint density at radius 1 is 1.45 bits per heavy atom. The number of amides is 1. The number of carbonyl (C=O) groups excluding carboxylic acids is 1. The van der Waals surface area contributed by atoms with Gasteiger partial charge >= 0.3 is 5.97 Å². The Kier molecular flexibility index (Phi) is 4.06. The van der Waals surface area contributed by atoms with E-state index in [4.69, 9.17) is 5.11 Å². The van der Waals surface area contributed by atoms with Gasteiger partial charge in [0.1, 0.15) is 5.69 Å². The van der Waals surface area contributed by atoms with Crippen molar-refractivity contribution in [1.82, 2.24) is 10.3 Å². The first-order chi connectivity index (χ1) is 9.39. The molecule has 20 heavy (non-hydrogen) atoms. The molecule has 1 heterocycles. The molecule has 1 aromatic rings. The summed E-state index contributed by atoms with van der Waals surface area (Å²) in [6, 6.07) is 3.01. The third kappa shape index (κ3) is 3.35. The van der Waals surface area contributed by atoms with Crippen molar-refractivity contribution in [2.45, 2.75) is 45.6 Å². The quantitative estimate of drug-likeness (QED) is 0.889. The average Bonchev–Trinajstić information content (AvgIpc) is 2.37. The number of nitrogens with zero attached hydrogens (tertiary/aromatic N) is 1. The molecule has 1 saturated carbocycles. The summed E-state index contributed by atoms with van der Waals surface area (Å²) in [4.78, 5) is 27.2.